The van der Waals surface area contributed by atoms with Crippen LogP contribution in [0, 0.1) is 5.92 Å². The summed E-state index contributed by atoms with van der Waals surface area (Å²) in [5.74, 6) is 0.0432. The minimum atomic E-state index is -2.98. The van der Waals surface area contributed by atoms with E-state index in [1.807, 2.05) is 4.90 Å². The molecule has 2 atom stereocenters. The fraction of sp³-hybridized carbons (Fsp3) is 0.929. The number of piperidine rings is 1. The number of rotatable bonds is 4. The summed E-state index contributed by atoms with van der Waals surface area (Å²) in [5.41, 5.74) is 0. The SMILES string of the molecule is O=C(C1CCS(=O)(=O)C1)N(CC1CCCCN1)C1CC1. The Bertz CT molecular complexity index is 467. The highest BCUT2D eigenvalue weighted by Gasteiger charge is 2.41. The number of carbonyl (C=O) groups excluding carboxylic acids is 1. The van der Waals surface area contributed by atoms with E-state index in [1.54, 1.807) is 0 Å². The van der Waals surface area contributed by atoms with Crippen LogP contribution in [0.15, 0.2) is 0 Å². The average molecular weight is 300 g/mol. The van der Waals surface area contributed by atoms with Gasteiger partial charge in [0, 0.05) is 18.6 Å². The number of amides is 1. The molecule has 1 amide bonds. The molecule has 114 valence electrons. The first-order valence-electron chi connectivity index (χ1n) is 7.79. The number of sulfone groups is 1. The van der Waals surface area contributed by atoms with Gasteiger partial charge >= 0.3 is 0 Å². The van der Waals surface area contributed by atoms with E-state index in [2.05, 4.69) is 5.32 Å². The summed E-state index contributed by atoms with van der Waals surface area (Å²) in [7, 11) is -2.98. The van der Waals surface area contributed by atoms with E-state index in [9.17, 15) is 13.2 Å². The van der Waals surface area contributed by atoms with Crippen molar-refractivity contribution in [2.75, 3.05) is 24.6 Å². The van der Waals surface area contributed by atoms with Gasteiger partial charge in [-0.15, -0.1) is 0 Å². The summed E-state index contributed by atoms with van der Waals surface area (Å²) in [6.07, 6.45) is 6.24. The predicted molar refractivity (Wildman–Crippen MR) is 77.1 cm³/mol. The Kier molecular flexibility index (Phi) is 4.04. The smallest absolute Gasteiger partial charge is 0.227 e. The summed E-state index contributed by atoms with van der Waals surface area (Å²) in [6, 6.07) is 0.765. The Morgan fingerprint density at radius 2 is 1.95 bits per heavy atom. The van der Waals surface area contributed by atoms with Crippen LogP contribution in [-0.2, 0) is 14.6 Å². The standard InChI is InChI=1S/C14H24N2O3S/c17-14(11-6-8-20(18,19)10-11)16(13-4-5-13)9-12-3-1-2-7-15-12/h11-13,15H,1-10H2. The fourth-order valence-electron chi connectivity index (χ4n) is 3.35. The Balaban J connectivity index is 1.62. The zero-order valence-corrected chi connectivity index (χ0v) is 12.7. The second-order valence-corrected chi connectivity index (χ2v) is 8.70. The minimum absolute atomic E-state index is 0.0626. The first kappa shape index (κ1) is 14.3. The van der Waals surface area contributed by atoms with Gasteiger partial charge in [-0.05, 0) is 38.6 Å². The van der Waals surface area contributed by atoms with Gasteiger partial charge in [0.05, 0.1) is 17.4 Å². The molecule has 1 saturated carbocycles. The quantitative estimate of drug-likeness (QED) is 0.823. The first-order chi connectivity index (χ1) is 9.55. The van der Waals surface area contributed by atoms with E-state index >= 15 is 0 Å². The molecule has 3 aliphatic rings. The van der Waals surface area contributed by atoms with Crippen molar-refractivity contribution in [3.63, 3.8) is 0 Å². The average Bonchev–Trinajstić information content (AvgIpc) is 3.20. The van der Waals surface area contributed by atoms with Crippen molar-refractivity contribution in [3.8, 4) is 0 Å². The van der Waals surface area contributed by atoms with Crippen LogP contribution in [-0.4, -0.2) is 55.9 Å². The summed E-state index contributed by atoms with van der Waals surface area (Å²) in [4.78, 5) is 14.6. The second kappa shape index (κ2) is 5.64. The third kappa shape index (κ3) is 3.34. The molecule has 6 heteroatoms. The number of carbonyl (C=O) groups is 1. The van der Waals surface area contributed by atoms with Crippen molar-refractivity contribution in [1.29, 1.82) is 0 Å². The van der Waals surface area contributed by atoms with E-state index in [4.69, 9.17) is 0 Å². The first-order valence-corrected chi connectivity index (χ1v) is 9.61. The fourth-order valence-corrected chi connectivity index (χ4v) is 5.08. The zero-order valence-electron chi connectivity index (χ0n) is 11.9. The highest BCUT2D eigenvalue weighted by Crippen LogP contribution is 2.31. The highest BCUT2D eigenvalue weighted by atomic mass is 32.2. The topological polar surface area (TPSA) is 66.5 Å². The van der Waals surface area contributed by atoms with Crippen molar-refractivity contribution in [3.05, 3.63) is 0 Å². The number of nitrogens with zero attached hydrogens (tertiary/aromatic N) is 1. The third-order valence-electron chi connectivity index (χ3n) is 4.68. The van der Waals surface area contributed by atoms with E-state index in [0.29, 0.717) is 18.5 Å². The molecule has 2 heterocycles. The maximum atomic E-state index is 12.6. The lowest BCUT2D eigenvalue weighted by atomic mass is 10.0. The van der Waals surface area contributed by atoms with Gasteiger partial charge in [0.2, 0.25) is 5.91 Å². The minimum Gasteiger partial charge on any atom is -0.338 e. The van der Waals surface area contributed by atoms with Crippen molar-refractivity contribution in [1.82, 2.24) is 10.2 Å². The highest BCUT2D eigenvalue weighted by molar-refractivity contribution is 7.91. The molecule has 2 unspecified atom stereocenters. The van der Waals surface area contributed by atoms with Crippen molar-refractivity contribution >= 4 is 15.7 Å². The molecule has 0 aromatic rings. The van der Waals surface area contributed by atoms with Gasteiger partial charge in [-0.3, -0.25) is 4.79 Å². The molecule has 20 heavy (non-hydrogen) atoms. The van der Waals surface area contributed by atoms with Crippen LogP contribution in [0.2, 0.25) is 0 Å². The molecule has 1 aliphatic carbocycles. The van der Waals surface area contributed by atoms with E-state index in [-0.39, 0.29) is 23.3 Å². The summed E-state index contributed by atoms with van der Waals surface area (Å²) in [6.45, 7) is 1.80. The lowest BCUT2D eigenvalue weighted by Gasteiger charge is -2.32. The van der Waals surface area contributed by atoms with Crippen molar-refractivity contribution in [2.45, 2.75) is 50.6 Å². The maximum Gasteiger partial charge on any atom is 0.227 e. The number of hydrogen-bond acceptors (Lipinski definition) is 4. The number of nitrogens with one attached hydrogen (secondary N) is 1. The molecule has 2 aliphatic heterocycles. The largest absolute Gasteiger partial charge is 0.338 e. The lowest BCUT2D eigenvalue weighted by molar-refractivity contribution is -0.135. The van der Waals surface area contributed by atoms with Crippen molar-refractivity contribution < 1.29 is 13.2 Å². The maximum absolute atomic E-state index is 12.6. The molecule has 0 aromatic carbocycles. The molecule has 0 radical (unpaired) electrons. The monoisotopic (exact) mass is 300 g/mol. The van der Waals surface area contributed by atoms with Gasteiger partial charge in [-0.25, -0.2) is 8.42 Å². The predicted octanol–water partition coefficient (Wildman–Crippen LogP) is 0.554. The molecular formula is C14H24N2O3S. The molecule has 5 nitrogen and oxygen atoms in total. The molecule has 1 N–H and O–H groups in total. The van der Waals surface area contributed by atoms with Crippen LogP contribution in [0.1, 0.15) is 38.5 Å². The summed E-state index contributed by atoms with van der Waals surface area (Å²) >= 11 is 0. The third-order valence-corrected chi connectivity index (χ3v) is 6.45. The van der Waals surface area contributed by atoms with E-state index in [1.165, 1.54) is 12.8 Å². The Morgan fingerprint density at radius 1 is 1.15 bits per heavy atom. The number of hydrogen-bond donors (Lipinski definition) is 1. The molecule has 2 saturated heterocycles. The summed E-state index contributed by atoms with van der Waals surface area (Å²) < 4.78 is 23.1. The molecule has 3 rings (SSSR count). The van der Waals surface area contributed by atoms with Crippen LogP contribution in [0.3, 0.4) is 0 Å². The van der Waals surface area contributed by atoms with E-state index < -0.39 is 9.84 Å². The molecule has 0 spiro atoms. The van der Waals surface area contributed by atoms with Gasteiger partial charge in [0.1, 0.15) is 0 Å². The van der Waals surface area contributed by atoms with Crippen LogP contribution < -0.4 is 5.32 Å². The van der Waals surface area contributed by atoms with Crippen molar-refractivity contribution in [2.24, 2.45) is 5.92 Å². The molecule has 0 bridgehead atoms. The molecular weight excluding hydrogens is 276 g/mol. The van der Waals surface area contributed by atoms with Crippen LogP contribution in [0.4, 0.5) is 0 Å². The Hall–Kier alpha value is -0.620. The van der Waals surface area contributed by atoms with Crippen LogP contribution in [0.5, 0.6) is 0 Å². The van der Waals surface area contributed by atoms with Crippen LogP contribution in [0.25, 0.3) is 0 Å². The summed E-state index contributed by atoms with van der Waals surface area (Å²) in [5, 5.41) is 3.48. The zero-order chi connectivity index (χ0) is 14.2. The van der Waals surface area contributed by atoms with Gasteiger partial charge in [0.15, 0.2) is 9.84 Å². The normalized spacial score (nSPS) is 33.0. The van der Waals surface area contributed by atoms with Gasteiger partial charge in [-0.2, -0.15) is 0 Å². The van der Waals surface area contributed by atoms with E-state index in [0.717, 1.165) is 32.4 Å². The second-order valence-electron chi connectivity index (χ2n) is 6.47. The Labute approximate surface area is 121 Å². The lowest BCUT2D eigenvalue weighted by Crippen LogP contribution is -2.48. The van der Waals surface area contributed by atoms with Gasteiger partial charge in [0.25, 0.3) is 0 Å². The Morgan fingerprint density at radius 3 is 2.50 bits per heavy atom. The van der Waals surface area contributed by atoms with Crippen LogP contribution >= 0.6 is 0 Å². The molecule has 0 aromatic heterocycles. The van der Waals surface area contributed by atoms with Gasteiger partial charge < -0.3 is 10.2 Å². The molecule has 3 fully saturated rings. The van der Waals surface area contributed by atoms with Gasteiger partial charge in [-0.1, -0.05) is 6.42 Å².